The quantitative estimate of drug-likeness (QED) is 0.545. The Hall–Kier alpha value is -0.0900. The van der Waals surface area contributed by atoms with Gasteiger partial charge in [-0.05, 0) is 74.5 Å². The average molecular weight is 359 g/mol. The van der Waals surface area contributed by atoms with Crippen molar-refractivity contribution < 1.29 is 12.6 Å². The molecule has 1 unspecified atom stereocenters. The second-order valence-electron chi connectivity index (χ2n) is 8.54. The van der Waals surface area contributed by atoms with Crippen molar-refractivity contribution in [1.82, 2.24) is 0 Å². The SMILES string of the molecule is CCCC1CCC(C2CCC(C(C)CCOS(C)(=O)=O)CC2)CC1. The van der Waals surface area contributed by atoms with Gasteiger partial charge in [-0.25, -0.2) is 0 Å². The van der Waals surface area contributed by atoms with Gasteiger partial charge in [-0.15, -0.1) is 0 Å². The van der Waals surface area contributed by atoms with E-state index in [0.717, 1.165) is 36.3 Å². The standard InChI is InChI=1S/C20H38O3S/c1-4-5-17-6-8-19(9-7-17)20-12-10-18(11-13-20)16(2)14-15-23-24(3,21)22/h16-20H,4-15H2,1-3H3. The molecule has 0 N–H and O–H groups in total. The predicted molar refractivity (Wildman–Crippen MR) is 100 cm³/mol. The van der Waals surface area contributed by atoms with Gasteiger partial charge in [0.15, 0.2) is 0 Å². The van der Waals surface area contributed by atoms with E-state index in [9.17, 15) is 8.42 Å². The minimum atomic E-state index is -3.28. The second kappa shape index (κ2) is 9.56. The highest BCUT2D eigenvalue weighted by molar-refractivity contribution is 7.85. The molecule has 2 saturated carbocycles. The summed E-state index contributed by atoms with van der Waals surface area (Å²) >= 11 is 0. The molecule has 0 spiro atoms. The molecule has 2 aliphatic rings. The Morgan fingerprint density at radius 1 is 0.958 bits per heavy atom. The van der Waals surface area contributed by atoms with Gasteiger partial charge in [0.25, 0.3) is 10.1 Å². The Morgan fingerprint density at radius 3 is 2.00 bits per heavy atom. The first-order valence-corrected chi connectivity index (χ1v) is 12.0. The monoisotopic (exact) mass is 358 g/mol. The van der Waals surface area contributed by atoms with Crippen molar-refractivity contribution in [2.24, 2.45) is 29.6 Å². The Labute approximate surface area is 150 Å². The van der Waals surface area contributed by atoms with E-state index in [1.165, 1.54) is 64.2 Å². The molecule has 1 atom stereocenters. The van der Waals surface area contributed by atoms with Crippen molar-refractivity contribution in [2.75, 3.05) is 12.9 Å². The Bertz CT molecular complexity index is 444. The highest BCUT2D eigenvalue weighted by Crippen LogP contribution is 2.43. The first-order valence-electron chi connectivity index (χ1n) is 10.2. The van der Waals surface area contributed by atoms with Gasteiger partial charge in [0.2, 0.25) is 0 Å². The normalized spacial score (nSPS) is 33.3. The lowest BCUT2D eigenvalue weighted by Crippen LogP contribution is -2.28. The van der Waals surface area contributed by atoms with E-state index in [1.54, 1.807) is 0 Å². The highest BCUT2D eigenvalue weighted by Gasteiger charge is 2.32. The maximum atomic E-state index is 11.0. The van der Waals surface area contributed by atoms with E-state index < -0.39 is 10.1 Å². The van der Waals surface area contributed by atoms with E-state index in [0.29, 0.717) is 12.5 Å². The summed E-state index contributed by atoms with van der Waals surface area (Å²) in [5.74, 6) is 4.30. The van der Waals surface area contributed by atoms with Gasteiger partial charge in [0.05, 0.1) is 12.9 Å². The number of hydrogen-bond donors (Lipinski definition) is 0. The van der Waals surface area contributed by atoms with Crippen LogP contribution in [0.25, 0.3) is 0 Å². The minimum absolute atomic E-state index is 0.349. The third kappa shape index (κ3) is 6.67. The fourth-order valence-corrected chi connectivity index (χ4v) is 5.56. The Kier molecular flexibility index (Phi) is 8.06. The zero-order valence-electron chi connectivity index (χ0n) is 16.0. The van der Waals surface area contributed by atoms with Crippen LogP contribution >= 0.6 is 0 Å². The molecule has 2 rings (SSSR count). The van der Waals surface area contributed by atoms with E-state index in [2.05, 4.69) is 13.8 Å². The van der Waals surface area contributed by atoms with Crippen LogP contribution in [0.5, 0.6) is 0 Å². The number of rotatable bonds is 8. The molecule has 2 aliphatic carbocycles. The molecule has 0 heterocycles. The first-order chi connectivity index (χ1) is 11.4. The summed E-state index contributed by atoms with van der Waals surface area (Å²) in [6, 6.07) is 0. The predicted octanol–water partition coefficient (Wildman–Crippen LogP) is 5.40. The zero-order chi connectivity index (χ0) is 17.6. The molecular formula is C20H38O3S. The maximum absolute atomic E-state index is 11.0. The lowest BCUT2D eigenvalue weighted by atomic mass is 9.67. The third-order valence-electron chi connectivity index (χ3n) is 6.75. The summed E-state index contributed by atoms with van der Waals surface area (Å²) in [5.41, 5.74) is 0. The summed E-state index contributed by atoms with van der Waals surface area (Å²) < 4.78 is 27.0. The fraction of sp³-hybridized carbons (Fsp3) is 1.00. The molecule has 0 aliphatic heterocycles. The molecule has 0 aromatic heterocycles. The Morgan fingerprint density at radius 2 is 1.50 bits per heavy atom. The van der Waals surface area contributed by atoms with E-state index in [4.69, 9.17) is 4.18 Å². The molecular weight excluding hydrogens is 320 g/mol. The van der Waals surface area contributed by atoms with E-state index in [-0.39, 0.29) is 0 Å². The largest absolute Gasteiger partial charge is 0.270 e. The molecule has 24 heavy (non-hydrogen) atoms. The van der Waals surface area contributed by atoms with Crippen LogP contribution in [0.4, 0.5) is 0 Å². The summed E-state index contributed by atoms with van der Waals surface area (Å²) in [7, 11) is -3.28. The van der Waals surface area contributed by atoms with Crippen LogP contribution in [0, 0.1) is 29.6 Å². The molecule has 0 aromatic carbocycles. The van der Waals surface area contributed by atoms with Gasteiger partial charge < -0.3 is 0 Å². The van der Waals surface area contributed by atoms with Gasteiger partial charge in [0.1, 0.15) is 0 Å². The van der Waals surface area contributed by atoms with E-state index in [1.807, 2.05) is 0 Å². The molecule has 0 saturated heterocycles. The van der Waals surface area contributed by atoms with Gasteiger partial charge in [-0.2, -0.15) is 8.42 Å². The smallest absolute Gasteiger partial charge is 0.264 e. The molecule has 142 valence electrons. The van der Waals surface area contributed by atoms with Crippen molar-refractivity contribution in [1.29, 1.82) is 0 Å². The summed E-state index contributed by atoms with van der Waals surface area (Å²) in [5, 5.41) is 0. The lowest BCUT2D eigenvalue weighted by molar-refractivity contribution is 0.120. The van der Waals surface area contributed by atoms with Crippen LogP contribution in [-0.4, -0.2) is 21.3 Å². The van der Waals surface area contributed by atoms with Gasteiger partial charge in [-0.3, -0.25) is 4.18 Å². The maximum Gasteiger partial charge on any atom is 0.264 e. The summed E-state index contributed by atoms with van der Waals surface area (Å²) in [6.45, 7) is 4.93. The topological polar surface area (TPSA) is 43.4 Å². The van der Waals surface area contributed by atoms with E-state index >= 15 is 0 Å². The molecule has 0 bridgehead atoms. The van der Waals surface area contributed by atoms with Crippen molar-refractivity contribution in [3.8, 4) is 0 Å². The van der Waals surface area contributed by atoms with Crippen LogP contribution in [0.15, 0.2) is 0 Å². The summed E-state index contributed by atoms with van der Waals surface area (Å²) in [4.78, 5) is 0. The van der Waals surface area contributed by atoms with Crippen LogP contribution in [-0.2, 0) is 14.3 Å². The van der Waals surface area contributed by atoms with Crippen molar-refractivity contribution in [2.45, 2.75) is 84.5 Å². The van der Waals surface area contributed by atoms with Crippen molar-refractivity contribution >= 4 is 10.1 Å². The minimum Gasteiger partial charge on any atom is -0.270 e. The molecule has 4 heteroatoms. The summed E-state index contributed by atoms with van der Waals surface area (Å²) in [6.07, 6.45) is 16.1. The van der Waals surface area contributed by atoms with Gasteiger partial charge in [0, 0.05) is 0 Å². The van der Waals surface area contributed by atoms with Crippen LogP contribution in [0.3, 0.4) is 0 Å². The van der Waals surface area contributed by atoms with Gasteiger partial charge in [-0.1, -0.05) is 39.5 Å². The van der Waals surface area contributed by atoms with Crippen LogP contribution in [0.2, 0.25) is 0 Å². The van der Waals surface area contributed by atoms with Crippen LogP contribution in [0.1, 0.15) is 84.5 Å². The molecule has 3 nitrogen and oxygen atoms in total. The second-order valence-corrected chi connectivity index (χ2v) is 10.2. The van der Waals surface area contributed by atoms with Crippen LogP contribution < -0.4 is 0 Å². The average Bonchev–Trinajstić information content (AvgIpc) is 2.55. The first kappa shape index (κ1) is 20.2. The van der Waals surface area contributed by atoms with Crippen molar-refractivity contribution in [3.63, 3.8) is 0 Å². The third-order valence-corrected chi connectivity index (χ3v) is 7.34. The molecule has 0 radical (unpaired) electrons. The zero-order valence-corrected chi connectivity index (χ0v) is 16.8. The number of hydrogen-bond acceptors (Lipinski definition) is 3. The lowest BCUT2D eigenvalue weighted by Gasteiger charge is -2.39. The molecule has 0 aromatic rings. The Balaban J connectivity index is 1.66. The fourth-order valence-electron chi connectivity index (χ4n) is 5.16. The van der Waals surface area contributed by atoms with Gasteiger partial charge >= 0.3 is 0 Å². The molecule has 2 fully saturated rings. The van der Waals surface area contributed by atoms with Crippen molar-refractivity contribution in [3.05, 3.63) is 0 Å². The molecule has 0 amide bonds. The highest BCUT2D eigenvalue weighted by atomic mass is 32.2.